The Balaban J connectivity index is 2.41. The molecule has 0 bridgehead atoms. The molecule has 1 amide bonds. The number of nitro groups is 1. The number of hydrogen-bond acceptors (Lipinski definition) is 6. The molecule has 8 heteroatoms. The maximum Gasteiger partial charge on any atom is 0.430 e. The number of carbonyl (C=O) groups is 1. The molecule has 0 unspecified atom stereocenters. The van der Waals surface area contributed by atoms with Crippen molar-refractivity contribution < 1.29 is 9.72 Å². The van der Waals surface area contributed by atoms with E-state index in [2.05, 4.69) is 4.72 Å². The second-order valence-electron chi connectivity index (χ2n) is 5.70. The summed E-state index contributed by atoms with van der Waals surface area (Å²) in [4.78, 5) is 24.5. The van der Waals surface area contributed by atoms with Gasteiger partial charge in [-0.3, -0.25) is 4.79 Å². The van der Waals surface area contributed by atoms with Crippen molar-refractivity contribution in [2.75, 3.05) is 0 Å². The van der Waals surface area contributed by atoms with Crippen LogP contribution in [0.2, 0.25) is 0 Å². The van der Waals surface area contributed by atoms with Gasteiger partial charge in [0.25, 0.3) is 0 Å². The molecule has 22 heavy (non-hydrogen) atoms. The highest BCUT2D eigenvalue weighted by atomic mass is 32.2. The first-order valence-electron chi connectivity index (χ1n) is 6.52. The van der Waals surface area contributed by atoms with Crippen molar-refractivity contribution in [2.45, 2.75) is 31.2 Å². The standard InChI is InChI=1S/C14H16N4O3S/c1-14(2,3)17(13(15)18(20)21)12(19)10-5-4-9-6-7-16-22-11(9)8-10/h4-8,15-16H,1-3H3. The second-order valence-corrected chi connectivity index (χ2v) is 6.58. The molecule has 1 aromatic rings. The predicted octanol–water partition coefficient (Wildman–Crippen LogP) is 2.72. The van der Waals surface area contributed by atoms with Crippen LogP contribution in [0.15, 0.2) is 29.3 Å². The summed E-state index contributed by atoms with van der Waals surface area (Å²) in [6, 6.07) is 5.07. The Labute approximate surface area is 132 Å². The Bertz CT molecular complexity index is 679. The van der Waals surface area contributed by atoms with Crippen LogP contribution in [0.25, 0.3) is 6.08 Å². The van der Waals surface area contributed by atoms with E-state index in [1.807, 2.05) is 6.08 Å². The van der Waals surface area contributed by atoms with Gasteiger partial charge < -0.3 is 14.8 Å². The number of carbonyl (C=O) groups excluding carboxylic acids is 1. The first-order valence-corrected chi connectivity index (χ1v) is 7.34. The molecule has 1 aliphatic rings. The molecule has 0 fully saturated rings. The summed E-state index contributed by atoms with van der Waals surface area (Å²) in [7, 11) is 0. The normalized spacial score (nSPS) is 13.0. The van der Waals surface area contributed by atoms with Crippen LogP contribution in [0.5, 0.6) is 0 Å². The first kappa shape index (κ1) is 16.0. The summed E-state index contributed by atoms with van der Waals surface area (Å²) in [6.45, 7) is 4.96. The fourth-order valence-corrected chi connectivity index (χ4v) is 2.75. The zero-order valence-corrected chi connectivity index (χ0v) is 13.2. The monoisotopic (exact) mass is 320 g/mol. The first-order chi connectivity index (χ1) is 10.2. The topological polar surface area (TPSA) is 99.3 Å². The van der Waals surface area contributed by atoms with E-state index in [0.717, 1.165) is 15.4 Å². The zero-order chi connectivity index (χ0) is 16.5. The van der Waals surface area contributed by atoms with Gasteiger partial charge in [0.1, 0.15) is 0 Å². The summed E-state index contributed by atoms with van der Waals surface area (Å²) < 4.78 is 2.97. The summed E-state index contributed by atoms with van der Waals surface area (Å²) in [5.41, 5.74) is 0.402. The fraction of sp³-hybridized carbons (Fsp3) is 0.286. The lowest BCUT2D eigenvalue weighted by Crippen LogP contribution is -2.51. The van der Waals surface area contributed by atoms with Gasteiger partial charge in [-0.2, -0.15) is 4.90 Å². The van der Waals surface area contributed by atoms with E-state index in [9.17, 15) is 14.9 Å². The van der Waals surface area contributed by atoms with Crippen LogP contribution in [0.4, 0.5) is 0 Å². The lowest BCUT2D eigenvalue weighted by Gasteiger charge is -2.28. The van der Waals surface area contributed by atoms with Crippen LogP contribution < -0.4 is 4.72 Å². The van der Waals surface area contributed by atoms with E-state index in [1.165, 1.54) is 11.9 Å². The van der Waals surface area contributed by atoms with Gasteiger partial charge in [0.2, 0.25) is 0 Å². The van der Waals surface area contributed by atoms with Gasteiger partial charge in [-0.1, -0.05) is 6.07 Å². The van der Waals surface area contributed by atoms with Crippen molar-refractivity contribution in [1.82, 2.24) is 9.62 Å². The average molecular weight is 320 g/mol. The van der Waals surface area contributed by atoms with Crippen LogP contribution in [0.1, 0.15) is 36.7 Å². The minimum absolute atomic E-state index is 0.310. The van der Waals surface area contributed by atoms with Crippen LogP contribution in [-0.2, 0) is 0 Å². The third-order valence-electron chi connectivity index (χ3n) is 3.02. The highest BCUT2D eigenvalue weighted by Crippen LogP contribution is 2.28. The zero-order valence-electron chi connectivity index (χ0n) is 12.4. The Hall–Kier alpha value is -2.35. The number of fused-ring (bicyclic) bond motifs is 1. The van der Waals surface area contributed by atoms with Gasteiger partial charge >= 0.3 is 11.9 Å². The van der Waals surface area contributed by atoms with Crippen molar-refractivity contribution in [1.29, 1.82) is 5.41 Å². The van der Waals surface area contributed by atoms with Gasteiger partial charge in [-0.05, 0) is 61.4 Å². The number of benzene rings is 1. The van der Waals surface area contributed by atoms with Crippen LogP contribution in [-0.4, -0.2) is 27.2 Å². The number of hydrogen-bond donors (Lipinski definition) is 2. The van der Waals surface area contributed by atoms with Crippen LogP contribution in [0, 0.1) is 15.5 Å². The molecule has 7 nitrogen and oxygen atoms in total. The number of guanidine groups is 1. The third-order valence-corrected chi connectivity index (χ3v) is 3.85. The largest absolute Gasteiger partial charge is 0.430 e. The summed E-state index contributed by atoms with van der Waals surface area (Å²) in [5.74, 6) is -1.49. The van der Waals surface area contributed by atoms with Gasteiger partial charge in [-0.25, -0.2) is 0 Å². The fourth-order valence-electron chi connectivity index (χ4n) is 2.04. The minimum atomic E-state index is -0.930. The number of nitrogens with one attached hydrogen (secondary N) is 2. The highest BCUT2D eigenvalue weighted by molar-refractivity contribution is 7.97. The van der Waals surface area contributed by atoms with Crippen molar-refractivity contribution in [3.8, 4) is 0 Å². The Morgan fingerprint density at radius 2 is 2.09 bits per heavy atom. The quantitative estimate of drug-likeness (QED) is 0.272. The van der Waals surface area contributed by atoms with Crippen molar-refractivity contribution in [3.63, 3.8) is 0 Å². The minimum Gasteiger partial charge on any atom is -0.390 e. The van der Waals surface area contributed by atoms with E-state index in [-0.39, 0.29) is 0 Å². The molecule has 0 spiro atoms. The van der Waals surface area contributed by atoms with Gasteiger partial charge in [0, 0.05) is 11.1 Å². The SMILES string of the molecule is CC(C)(C)N(C(=N)[N+](=O)[O-])C(=O)c1ccc2c(c1)SNC=C2. The van der Waals surface area contributed by atoms with Gasteiger partial charge in [-0.15, -0.1) is 5.41 Å². The Morgan fingerprint density at radius 3 is 2.68 bits per heavy atom. The van der Waals surface area contributed by atoms with Gasteiger partial charge in [0.05, 0.1) is 11.1 Å². The van der Waals surface area contributed by atoms with E-state index in [1.54, 1.807) is 45.2 Å². The molecule has 0 radical (unpaired) electrons. The van der Waals surface area contributed by atoms with E-state index < -0.39 is 22.3 Å². The molecule has 116 valence electrons. The molecule has 1 aromatic carbocycles. The molecule has 1 aliphatic heterocycles. The van der Waals surface area contributed by atoms with E-state index in [0.29, 0.717) is 5.56 Å². The van der Waals surface area contributed by atoms with Crippen molar-refractivity contribution >= 4 is 29.9 Å². The summed E-state index contributed by atoms with van der Waals surface area (Å²) >= 11 is 1.36. The molecule has 2 rings (SSSR count). The summed E-state index contributed by atoms with van der Waals surface area (Å²) in [5, 5.41) is 18.5. The van der Waals surface area contributed by atoms with Crippen LogP contribution >= 0.6 is 11.9 Å². The van der Waals surface area contributed by atoms with Gasteiger partial charge in [0.15, 0.2) is 0 Å². The van der Waals surface area contributed by atoms with E-state index in [4.69, 9.17) is 5.41 Å². The van der Waals surface area contributed by atoms with Crippen molar-refractivity contribution in [3.05, 3.63) is 45.6 Å². The number of nitrogens with zero attached hydrogens (tertiary/aromatic N) is 2. The molecule has 0 aliphatic carbocycles. The molecular formula is C14H16N4O3S. The maximum absolute atomic E-state index is 12.7. The number of rotatable bonds is 1. The lowest BCUT2D eigenvalue weighted by atomic mass is 10.0. The lowest BCUT2D eigenvalue weighted by molar-refractivity contribution is -0.365. The predicted molar refractivity (Wildman–Crippen MR) is 85.1 cm³/mol. The number of amides is 1. The highest BCUT2D eigenvalue weighted by Gasteiger charge is 2.39. The Morgan fingerprint density at radius 1 is 1.41 bits per heavy atom. The molecule has 0 aromatic heterocycles. The molecule has 0 saturated heterocycles. The molecule has 0 atom stereocenters. The smallest absolute Gasteiger partial charge is 0.390 e. The second kappa shape index (κ2) is 5.80. The maximum atomic E-state index is 12.7. The summed E-state index contributed by atoms with van der Waals surface area (Å²) in [6.07, 6.45) is 3.67. The van der Waals surface area contributed by atoms with Crippen LogP contribution in [0.3, 0.4) is 0 Å². The molecule has 1 heterocycles. The third kappa shape index (κ3) is 3.11. The molecule has 0 saturated carbocycles. The Kier molecular flexibility index (Phi) is 4.23. The molecular weight excluding hydrogens is 304 g/mol. The molecule has 2 N–H and O–H groups in total. The average Bonchev–Trinajstić information content (AvgIpc) is 2.45. The van der Waals surface area contributed by atoms with E-state index >= 15 is 0 Å². The van der Waals surface area contributed by atoms with Crippen molar-refractivity contribution in [2.24, 2.45) is 0 Å².